The normalized spacial score (nSPS) is 15.0. The fraction of sp³-hybridized carbons (Fsp3) is 0.125. The Morgan fingerprint density at radius 3 is 2.18 bits per heavy atom. The highest BCUT2D eigenvalue weighted by Gasteiger charge is 2.53. The van der Waals surface area contributed by atoms with E-state index in [1.54, 1.807) is 0 Å². The van der Waals surface area contributed by atoms with E-state index in [0.29, 0.717) is 11.6 Å². The first-order valence-corrected chi connectivity index (χ1v) is 6.60. The van der Waals surface area contributed by atoms with Crippen LogP contribution in [0.15, 0.2) is 54.6 Å². The summed E-state index contributed by atoms with van der Waals surface area (Å²) in [7, 11) is 0. The Kier molecular flexibility index (Phi) is 4.58. The van der Waals surface area contributed by atoms with E-state index in [0.717, 1.165) is 30.3 Å². The molecule has 0 heterocycles. The number of benzene rings is 2. The molecule has 116 valence electrons. The number of alkyl halides is 3. The largest absolute Gasteiger partial charge is 0.425 e. The van der Waals surface area contributed by atoms with Gasteiger partial charge in [0, 0.05) is 5.02 Å². The quantitative estimate of drug-likeness (QED) is 0.790. The fourth-order valence-electron chi connectivity index (χ4n) is 1.87. The summed E-state index contributed by atoms with van der Waals surface area (Å²) in [5.41, 5.74) is -3.26. The highest BCUT2D eigenvalue weighted by atomic mass is 35.5. The van der Waals surface area contributed by atoms with Crippen LogP contribution in [0.25, 0.3) is 6.08 Å². The lowest BCUT2D eigenvalue weighted by molar-refractivity contribution is -0.244. The van der Waals surface area contributed by atoms with Crippen molar-refractivity contribution in [2.24, 2.45) is 0 Å². The summed E-state index contributed by atoms with van der Waals surface area (Å²) >= 11 is 5.69. The van der Waals surface area contributed by atoms with Gasteiger partial charge in [-0.25, -0.2) is 4.39 Å². The molecule has 0 spiro atoms. The molecule has 0 fully saturated rings. The van der Waals surface area contributed by atoms with E-state index in [4.69, 9.17) is 11.6 Å². The van der Waals surface area contributed by atoms with Crippen LogP contribution in [0.4, 0.5) is 17.6 Å². The highest BCUT2D eigenvalue weighted by Crippen LogP contribution is 2.41. The van der Waals surface area contributed by atoms with E-state index in [2.05, 4.69) is 0 Å². The van der Waals surface area contributed by atoms with Gasteiger partial charge in [0.15, 0.2) is 0 Å². The van der Waals surface area contributed by atoms with Crippen LogP contribution in [0.3, 0.4) is 0 Å². The van der Waals surface area contributed by atoms with Crippen LogP contribution in [-0.2, 0) is 5.60 Å². The Hall–Kier alpha value is -1.85. The summed E-state index contributed by atoms with van der Waals surface area (Å²) in [5, 5.41) is 10.2. The molecular weight excluding hydrogens is 320 g/mol. The summed E-state index contributed by atoms with van der Waals surface area (Å²) in [6, 6.07) is 9.75. The first-order valence-electron chi connectivity index (χ1n) is 6.22. The molecule has 0 aliphatic heterocycles. The molecule has 2 rings (SSSR count). The predicted octanol–water partition coefficient (Wildman–Crippen LogP) is 4.94. The van der Waals surface area contributed by atoms with Crippen LogP contribution in [0.1, 0.15) is 11.1 Å². The van der Waals surface area contributed by atoms with Crippen LogP contribution < -0.4 is 0 Å². The summed E-state index contributed by atoms with van der Waals surface area (Å²) in [6.45, 7) is 0. The third kappa shape index (κ3) is 3.48. The second-order valence-corrected chi connectivity index (χ2v) is 5.10. The lowest BCUT2D eigenvalue weighted by Crippen LogP contribution is -2.40. The maximum Gasteiger partial charge on any atom is 0.425 e. The number of rotatable bonds is 3. The van der Waals surface area contributed by atoms with Crippen molar-refractivity contribution < 1.29 is 22.7 Å². The van der Waals surface area contributed by atoms with Gasteiger partial charge in [-0.05, 0) is 41.5 Å². The van der Waals surface area contributed by atoms with E-state index in [9.17, 15) is 22.7 Å². The second-order valence-electron chi connectivity index (χ2n) is 4.66. The molecule has 2 aromatic rings. The first kappa shape index (κ1) is 16.5. The lowest BCUT2D eigenvalue weighted by atomic mass is 9.92. The van der Waals surface area contributed by atoms with Crippen molar-refractivity contribution in [1.82, 2.24) is 0 Å². The Labute approximate surface area is 129 Å². The SMILES string of the molecule is OC(C=Cc1ccc(F)cc1)(c1cccc(Cl)c1)C(F)(F)F. The van der Waals surface area contributed by atoms with Crippen LogP contribution >= 0.6 is 11.6 Å². The van der Waals surface area contributed by atoms with Crippen LogP contribution in [0.5, 0.6) is 0 Å². The minimum Gasteiger partial charge on any atom is -0.373 e. The molecule has 0 aliphatic carbocycles. The van der Waals surface area contributed by atoms with E-state index >= 15 is 0 Å². The van der Waals surface area contributed by atoms with Crippen molar-refractivity contribution in [3.63, 3.8) is 0 Å². The monoisotopic (exact) mass is 330 g/mol. The Morgan fingerprint density at radius 1 is 1.00 bits per heavy atom. The molecule has 6 heteroatoms. The molecule has 0 aliphatic rings. The van der Waals surface area contributed by atoms with Gasteiger partial charge in [0.25, 0.3) is 0 Å². The zero-order valence-electron chi connectivity index (χ0n) is 11.1. The predicted molar refractivity (Wildman–Crippen MR) is 76.8 cm³/mol. The van der Waals surface area contributed by atoms with E-state index in [1.165, 1.54) is 24.3 Å². The molecule has 22 heavy (non-hydrogen) atoms. The Bertz CT molecular complexity index is 679. The Morgan fingerprint density at radius 2 is 1.64 bits per heavy atom. The standard InChI is InChI=1S/C16H11ClF4O/c17-13-3-1-2-12(10-13)15(22,16(19,20)21)9-8-11-4-6-14(18)7-5-11/h1-10,22H. The number of hydrogen-bond acceptors (Lipinski definition) is 1. The molecule has 0 saturated heterocycles. The summed E-state index contributed by atoms with van der Waals surface area (Å²) in [5.74, 6) is -0.502. The number of hydrogen-bond donors (Lipinski definition) is 1. The van der Waals surface area contributed by atoms with Crippen molar-refractivity contribution in [2.45, 2.75) is 11.8 Å². The zero-order valence-corrected chi connectivity index (χ0v) is 11.9. The topological polar surface area (TPSA) is 20.2 Å². The van der Waals surface area contributed by atoms with Gasteiger partial charge in [0.05, 0.1) is 0 Å². The molecule has 0 aromatic heterocycles. The molecule has 1 unspecified atom stereocenters. The summed E-state index contributed by atoms with van der Waals surface area (Å²) < 4.78 is 52.6. The third-order valence-electron chi connectivity index (χ3n) is 3.08. The minimum atomic E-state index is -4.94. The molecular formula is C16H11ClF4O. The van der Waals surface area contributed by atoms with Crippen molar-refractivity contribution in [1.29, 1.82) is 0 Å². The van der Waals surface area contributed by atoms with Crippen molar-refractivity contribution in [2.75, 3.05) is 0 Å². The van der Waals surface area contributed by atoms with Gasteiger partial charge >= 0.3 is 6.18 Å². The second kappa shape index (κ2) is 6.10. The average Bonchev–Trinajstić information content (AvgIpc) is 2.45. The highest BCUT2D eigenvalue weighted by molar-refractivity contribution is 6.30. The first-order chi connectivity index (χ1) is 10.2. The fourth-order valence-corrected chi connectivity index (χ4v) is 2.06. The smallest absolute Gasteiger partial charge is 0.373 e. The van der Waals surface area contributed by atoms with Crippen molar-refractivity contribution in [3.8, 4) is 0 Å². The minimum absolute atomic E-state index is 0.0790. The van der Waals surface area contributed by atoms with Gasteiger partial charge in [0.2, 0.25) is 5.60 Å². The molecule has 0 bridgehead atoms. The summed E-state index contributed by atoms with van der Waals surface area (Å²) in [4.78, 5) is 0. The zero-order chi connectivity index (χ0) is 16.4. The van der Waals surface area contributed by atoms with Crippen LogP contribution in [0, 0.1) is 5.82 Å². The molecule has 0 saturated carbocycles. The number of aliphatic hydroxyl groups is 1. The molecule has 1 atom stereocenters. The number of halogens is 5. The van der Waals surface area contributed by atoms with Gasteiger partial charge in [-0.15, -0.1) is 0 Å². The van der Waals surface area contributed by atoms with Gasteiger partial charge < -0.3 is 5.11 Å². The van der Waals surface area contributed by atoms with E-state index < -0.39 is 23.2 Å². The van der Waals surface area contributed by atoms with Crippen LogP contribution in [0.2, 0.25) is 5.02 Å². The lowest BCUT2D eigenvalue weighted by Gasteiger charge is -2.28. The molecule has 2 aromatic carbocycles. The van der Waals surface area contributed by atoms with E-state index in [-0.39, 0.29) is 5.02 Å². The average molecular weight is 331 g/mol. The maximum absolute atomic E-state index is 13.3. The maximum atomic E-state index is 13.3. The third-order valence-corrected chi connectivity index (χ3v) is 3.32. The van der Waals surface area contributed by atoms with Gasteiger partial charge in [-0.3, -0.25) is 0 Å². The van der Waals surface area contributed by atoms with Crippen molar-refractivity contribution >= 4 is 17.7 Å². The Balaban J connectivity index is 2.44. The van der Waals surface area contributed by atoms with Gasteiger partial charge in [0.1, 0.15) is 5.82 Å². The molecule has 0 radical (unpaired) electrons. The van der Waals surface area contributed by atoms with Crippen LogP contribution in [-0.4, -0.2) is 11.3 Å². The van der Waals surface area contributed by atoms with Gasteiger partial charge in [-0.1, -0.05) is 41.9 Å². The van der Waals surface area contributed by atoms with Gasteiger partial charge in [-0.2, -0.15) is 13.2 Å². The molecule has 1 N–H and O–H groups in total. The van der Waals surface area contributed by atoms with E-state index in [1.807, 2.05) is 0 Å². The van der Waals surface area contributed by atoms with Crippen molar-refractivity contribution in [3.05, 3.63) is 76.6 Å². The molecule has 1 nitrogen and oxygen atoms in total. The molecule has 0 amide bonds. The summed E-state index contributed by atoms with van der Waals surface area (Å²) in [6.07, 6.45) is -3.24.